The summed E-state index contributed by atoms with van der Waals surface area (Å²) in [6.45, 7) is 7.92. The number of anilines is 1. The van der Waals surface area contributed by atoms with Crippen LogP contribution >= 0.6 is 0 Å². The number of hydrogen-bond acceptors (Lipinski definition) is 5. The average Bonchev–Trinajstić information content (AvgIpc) is 2.82. The van der Waals surface area contributed by atoms with E-state index in [0.717, 1.165) is 40.1 Å². The molecular formula is C27H39N3O5S. The number of methoxy groups -OCH3 is 1. The minimum Gasteiger partial charge on any atom is -0.495 e. The zero-order valence-corrected chi connectivity index (χ0v) is 23.0. The number of carbonyl (C=O) groups excluding carboxylic acids is 2. The summed E-state index contributed by atoms with van der Waals surface area (Å²) in [6.07, 6.45) is 3.22. The van der Waals surface area contributed by atoms with Crippen LogP contribution in [0.4, 0.5) is 5.69 Å². The highest BCUT2D eigenvalue weighted by atomic mass is 32.2. The molecule has 1 atom stereocenters. The first-order valence-electron chi connectivity index (χ1n) is 12.3. The number of aryl methyl sites for hydroxylation is 2. The van der Waals surface area contributed by atoms with Crippen LogP contribution in [0.15, 0.2) is 42.5 Å². The van der Waals surface area contributed by atoms with Gasteiger partial charge in [0.2, 0.25) is 21.8 Å². The zero-order chi connectivity index (χ0) is 26.9. The molecule has 1 unspecified atom stereocenters. The third-order valence-electron chi connectivity index (χ3n) is 6.10. The van der Waals surface area contributed by atoms with E-state index in [2.05, 4.69) is 5.32 Å². The zero-order valence-electron chi connectivity index (χ0n) is 22.2. The van der Waals surface area contributed by atoms with Gasteiger partial charge in [-0.2, -0.15) is 0 Å². The predicted molar refractivity (Wildman–Crippen MR) is 144 cm³/mol. The second-order valence-corrected chi connectivity index (χ2v) is 10.9. The average molecular weight is 518 g/mol. The molecule has 0 aliphatic carbocycles. The van der Waals surface area contributed by atoms with Crippen LogP contribution in [0.5, 0.6) is 5.75 Å². The maximum atomic E-state index is 13.8. The number of ether oxygens (including phenoxy) is 1. The SMILES string of the molecule is CCCCNC(=O)C(CC)N(Cc1ccccc1C)C(=O)CN(c1cc(C)ccc1OC)S(C)(=O)=O. The molecule has 0 saturated heterocycles. The molecule has 2 rings (SSSR count). The third kappa shape index (κ3) is 7.71. The molecule has 0 spiro atoms. The molecule has 2 amide bonds. The standard InChI is InChI=1S/C27H39N3O5S/c1-7-9-16-28-27(32)23(8-2)29(18-22-13-11-10-12-21(22)4)26(31)19-30(36(6,33)34)24-17-20(3)14-15-25(24)35-5/h10-15,17,23H,7-9,16,18-19H2,1-6H3,(H,28,32). The molecule has 2 aromatic carbocycles. The number of carbonyl (C=O) groups is 2. The van der Waals surface area contributed by atoms with E-state index in [4.69, 9.17) is 4.74 Å². The number of unbranched alkanes of at least 4 members (excludes halogenated alkanes) is 1. The number of rotatable bonds is 13. The Morgan fingerprint density at radius 2 is 1.78 bits per heavy atom. The van der Waals surface area contributed by atoms with Gasteiger partial charge in [-0.05, 0) is 55.5 Å². The van der Waals surface area contributed by atoms with Gasteiger partial charge in [-0.15, -0.1) is 0 Å². The van der Waals surface area contributed by atoms with Gasteiger partial charge in [-0.25, -0.2) is 8.42 Å². The Bertz CT molecular complexity index is 1150. The summed E-state index contributed by atoms with van der Waals surface area (Å²) in [7, 11) is -2.39. The molecule has 0 saturated carbocycles. The maximum absolute atomic E-state index is 13.8. The molecule has 0 radical (unpaired) electrons. The number of nitrogens with zero attached hydrogens (tertiary/aromatic N) is 2. The number of amides is 2. The van der Waals surface area contributed by atoms with Crippen molar-refractivity contribution >= 4 is 27.5 Å². The summed E-state index contributed by atoms with van der Waals surface area (Å²) < 4.78 is 32.1. The molecule has 1 N–H and O–H groups in total. The minimum atomic E-state index is -3.84. The highest BCUT2D eigenvalue weighted by Gasteiger charge is 2.32. The van der Waals surface area contributed by atoms with Crippen LogP contribution < -0.4 is 14.4 Å². The molecule has 9 heteroatoms. The van der Waals surface area contributed by atoms with Gasteiger partial charge < -0.3 is 15.0 Å². The maximum Gasteiger partial charge on any atom is 0.244 e. The first kappa shape index (κ1) is 29.2. The lowest BCUT2D eigenvalue weighted by Gasteiger charge is -2.33. The van der Waals surface area contributed by atoms with Crippen molar-refractivity contribution in [3.8, 4) is 5.75 Å². The highest BCUT2D eigenvalue weighted by molar-refractivity contribution is 7.92. The molecule has 0 bridgehead atoms. The fraction of sp³-hybridized carbons (Fsp3) is 0.481. The van der Waals surface area contributed by atoms with Crippen LogP contribution in [0, 0.1) is 13.8 Å². The third-order valence-corrected chi connectivity index (χ3v) is 7.23. The van der Waals surface area contributed by atoms with E-state index < -0.39 is 28.5 Å². The van der Waals surface area contributed by atoms with E-state index in [-0.39, 0.29) is 18.1 Å². The minimum absolute atomic E-state index is 0.188. The second kappa shape index (κ2) is 13.3. The van der Waals surface area contributed by atoms with Crippen molar-refractivity contribution < 1.29 is 22.7 Å². The topological polar surface area (TPSA) is 96.0 Å². The van der Waals surface area contributed by atoms with Crippen LogP contribution in [0.3, 0.4) is 0 Å². The molecule has 36 heavy (non-hydrogen) atoms. The first-order chi connectivity index (χ1) is 17.0. The Hall–Kier alpha value is -3.07. The lowest BCUT2D eigenvalue weighted by molar-refractivity contribution is -0.140. The van der Waals surface area contributed by atoms with Crippen molar-refractivity contribution in [2.75, 3.05) is 30.8 Å². The molecule has 198 valence electrons. The van der Waals surface area contributed by atoms with Crippen molar-refractivity contribution in [1.82, 2.24) is 10.2 Å². The van der Waals surface area contributed by atoms with E-state index in [0.29, 0.717) is 18.7 Å². The first-order valence-corrected chi connectivity index (χ1v) is 14.1. The van der Waals surface area contributed by atoms with Crippen LogP contribution in [0.25, 0.3) is 0 Å². The normalized spacial score (nSPS) is 12.1. The second-order valence-electron chi connectivity index (χ2n) is 8.96. The fourth-order valence-corrected chi connectivity index (χ4v) is 4.83. The van der Waals surface area contributed by atoms with Crippen LogP contribution in [0.2, 0.25) is 0 Å². The van der Waals surface area contributed by atoms with Gasteiger partial charge in [-0.3, -0.25) is 13.9 Å². The summed E-state index contributed by atoms with van der Waals surface area (Å²) in [5.41, 5.74) is 2.98. The summed E-state index contributed by atoms with van der Waals surface area (Å²) in [5, 5.41) is 2.93. The van der Waals surface area contributed by atoms with Crippen LogP contribution in [-0.4, -0.2) is 57.6 Å². The highest BCUT2D eigenvalue weighted by Crippen LogP contribution is 2.31. The van der Waals surface area contributed by atoms with E-state index in [1.807, 2.05) is 58.0 Å². The summed E-state index contributed by atoms with van der Waals surface area (Å²) in [6, 6.07) is 12.1. The smallest absolute Gasteiger partial charge is 0.244 e. The monoisotopic (exact) mass is 517 g/mol. The van der Waals surface area contributed by atoms with E-state index in [1.165, 1.54) is 12.0 Å². The Morgan fingerprint density at radius 1 is 1.08 bits per heavy atom. The van der Waals surface area contributed by atoms with Gasteiger partial charge in [0.15, 0.2) is 0 Å². The molecule has 0 heterocycles. The molecule has 0 fully saturated rings. The molecular weight excluding hydrogens is 478 g/mol. The number of benzene rings is 2. The van der Waals surface area contributed by atoms with Gasteiger partial charge in [0.25, 0.3) is 0 Å². The Labute approximate surface area is 215 Å². The van der Waals surface area contributed by atoms with E-state index in [1.54, 1.807) is 12.1 Å². The van der Waals surface area contributed by atoms with Crippen molar-refractivity contribution in [2.45, 2.75) is 59.5 Å². The van der Waals surface area contributed by atoms with Crippen LogP contribution in [-0.2, 0) is 26.2 Å². The molecule has 2 aromatic rings. The quantitative estimate of drug-likeness (QED) is 0.408. The molecule has 0 aliphatic heterocycles. The summed E-state index contributed by atoms with van der Waals surface area (Å²) in [5.74, 6) is -0.370. The summed E-state index contributed by atoms with van der Waals surface area (Å²) in [4.78, 5) is 28.4. The summed E-state index contributed by atoms with van der Waals surface area (Å²) >= 11 is 0. The van der Waals surface area contributed by atoms with Gasteiger partial charge in [0.1, 0.15) is 18.3 Å². The Balaban J connectivity index is 2.49. The van der Waals surface area contributed by atoms with Gasteiger partial charge >= 0.3 is 0 Å². The van der Waals surface area contributed by atoms with Crippen molar-refractivity contribution in [3.05, 3.63) is 59.2 Å². The van der Waals surface area contributed by atoms with E-state index >= 15 is 0 Å². The molecule has 8 nitrogen and oxygen atoms in total. The molecule has 0 aromatic heterocycles. The van der Waals surface area contributed by atoms with E-state index in [9.17, 15) is 18.0 Å². The van der Waals surface area contributed by atoms with Crippen molar-refractivity contribution in [1.29, 1.82) is 0 Å². The lowest BCUT2D eigenvalue weighted by Crippen LogP contribution is -2.52. The van der Waals surface area contributed by atoms with Gasteiger partial charge in [-0.1, -0.05) is 50.6 Å². The van der Waals surface area contributed by atoms with Gasteiger partial charge in [0, 0.05) is 13.1 Å². The Kier molecular flexibility index (Phi) is 10.8. The lowest BCUT2D eigenvalue weighted by atomic mass is 10.1. The van der Waals surface area contributed by atoms with Crippen LogP contribution in [0.1, 0.15) is 49.8 Å². The number of sulfonamides is 1. The fourth-order valence-electron chi connectivity index (χ4n) is 3.99. The van der Waals surface area contributed by atoms with Crippen molar-refractivity contribution in [3.63, 3.8) is 0 Å². The molecule has 0 aliphatic rings. The number of hydrogen-bond donors (Lipinski definition) is 1. The number of nitrogens with one attached hydrogen (secondary N) is 1. The predicted octanol–water partition coefficient (Wildman–Crippen LogP) is 3.80. The largest absolute Gasteiger partial charge is 0.495 e. The van der Waals surface area contributed by atoms with Gasteiger partial charge in [0.05, 0.1) is 19.1 Å². The van der Waals surface area contributed by atoms with Crippen molar-refractivity contribution in [2.24, 2.45) is 0 Å². The Morgan fingerprint density at radius 3 is 2.36 bits per heavy atom.